The fourth-order valence-corrected chi connectivity index (χ4v) is 4.47. The summed E-state index contributed by atoms with van der Waals surface area (Å²) < 4.78 is 25.5. The molecule has 0 fully saturated rings. The van der Waals surface area contributed by atoms with Gasteiger partial charge in [0.1, 0.15) is 0 Å². The maximum Gasteiger partial charge on any atom is 0.206 e. The normalized spacial score (nSPS) is 18.0. The Kier molecular flexibility index (Phi) is 4.06. The summed E-state index contributed by atoms with van der Waals surface area (Å²) in [6.07, 6.45) is 3.10. The fourth-order valence-electron chi connectivity index (χ4n) is 3.16. The van der Waals surface area contributed by atoms with Gasteiger partial charge in [-0.1, -0.05) is 23.8 Å². The minimum Gasteiger partial charge on any atom is -0.330 e. The molecule has 1 unspecified atom stereocenters. The molecule has 3 rings (SSSR count). The number of fused-ring (bicyclic) bond motifs is 1. The standard InChI is InChI=1S/C18H21NO2S/c1-13-5-7-16(8-6-13)22(20,21)17-9-10-18-14(11-17)3-2-4-15(18)12-19/h5-11,15H,2-4,12,19H2,1H3. The molecular formula is C18H21NO2S. The lowest BCUT2D eigenvalue weighted by Crippen LogP contribution is -2.18. The van der Waals surface area contributed by atoms with E-state index in [9.17, 15) is 8.42 Å². The molecule has 0 bridgehead atoms. The van der Waals surface area contributed by atoms with Gasteiger partial charge in [-0.15, -0.1) is 0 Å². The monoisotopic (exact) mass is 315 g/mol. The van der Waals surface area contributed by atoms with Crippen molar-refractivity contribution in [2.24, 2.45) is 5.73 Å². The van der Waals surface area contributed by atoms with Crippen LogP contribution in [0.5, 0.6) is 0 Å². The molecule has 0 saturated carbocycles. The van der Waals surface area contributed by atoms with Crippen molar-refractivity contribution < 1.29 is 8.42 Å². The zero-order valence-corrected chi connectivity index (χ0v) is 13.6. The summed E-state index contributed by atoms with van der Waals surface area (Å²) in [5, 5.41) is 0. The molecule has 0 amide bonds. The summed E-state index contributed by atoms with van der Waals surface area (Å²) in [6, 6.07) is 12.5. The van der Waals surface area contributed by atoms with Gasteiger partial charge in [0.15, 0.2) is 0 Å². The highest BCUT2D eigenvalue weighted by molar-refractivity contribution is 7.91. The van der Waals surface area contributed by atoms with Crippen molar-refractivity contribution in [1.82, 2.24) is 0 Å². The van der Waals surface area contributed by atoms with Crippen molar-refractivity contribution in [2.75, 3.05) is 6.54 Å². The van der Waals surface area contributed by atoms with E-state index in [1.54, 1.807) is 18.2 Å². The van der Waals surface area contributed by atoms with Crippen LogP contribution in [0.25, 0.3) is 0 Å². The number of aryl methyl sites for hydroxylation is 2. The predicted molar refractivity (Wildman–Crippen MR) is 87.8 cm³/mol. The average Bonchev–Trinajstić information content (AvgIpc) is 2.54. The molecule has 1 aliphatic rings. The smallest absolute Gasteiger partial charge is 0.206 e. The molecule has 3 nitrogen and oxygen atoms in total. The highest BCUT2D eigenvalue weighted by atomic mass is 32.2. The molecule has 2 aromatic rings. The first-order chi connectivity index (χ1) is 10.5. The Morgan fingerprint density at radius 3 is 2.45 bits per heavy atom. The lowest BCUT2D eigenvalue weighted by atomic mass is 9.83. The van der Waals surface area contributed by atoms with Crippen LogP contribution in [-0.2, 0) is 16.3 Å². The van der Waals surface area contributed by atoms with Crippen molar-refractivity contribution >= 4 is 9.84 Å². The van der Waals surface area contributed by atoms with Gasteiger partial charge in [0.25, 0.3) is 0 Å². The Morgan fingerprint density at radius 1 is 1.09 bits per heavy atom. The first-order valence-electron chi connectivity index (χ1n) is 7.67. The molecule has 22 heavy (non-hydrogen) atoms. The summed E-state index contributed by atoms with van der Waals surface area (Å²) >= 11 is 0. The zero-order valence-electron chi connectivity index (χ0n) is 12.7. The molecule has 0 aromatic heterocycles. The Balaban J connectivity index is 2.03. The quantitative estimate of drug-likeness (QED) is 0.946. The Morgan fingerprint density at radius 2 is 1.77 bits per heavy atom. The second kappa shape index (κ2) is 5.86. The minimum atomic E-state index is -3.44. The van der Waals surface area contributed by atoms with Gasteiger partial charge in [0, 0.05) is 0 Å². The van der Waals surface area contributed by atoms with Crippen LogP contribution in [0, 0.1) is 6.92 Å². The van der Waals surface area contributed by atoms with E-state index in [1.807, 2.05) is 31.2 Å². The van der Waals surface area contributed by atoms with Gasteiger partial charge in [-0.25, -0.2) is 8.42 Å². The van der Waals surface area contributed by atoms with Gasteiger partial charge >= 0.3 is 0 Å². The van der Waals surface area contributed by atoms with Crippen molar-refractivity contribution in [1.29, 1.82) is 0 Å². The van der Waals surface area contributed by atoms with Crippen molar-refractivity contribution in [3.05, 3.63) is 59.2 Å². The maximum atomic E-state index is 12.8. The van der Waals surface area contributed by atoms with Crippen molar-refractivity contribution in [3.8, 4) is 0 Å². The topological polar surface area (TPSA) is 60.2 Å². The van der Waals surface area contributed by atoms with Gasteiger partial charge in [0.05, 0.1) is 9.79 Å². The van der Waals surface area contributed by atoms with E-state index in [-0.39, 0.29) is 0 Å². The van der Waals surface area contributed by atoms with Crippen molar-refractivity contribution in [2.45, 2.75) is 41.9 Å². The van der Waals surface area contributed by atoms with Crippen LogP contribution in [0.3, 0.4) is 0 Å². The second-order valence-electron chi connectivity index (χ2n) is 6.00. The summed E-state index contributed by atoms with van der Waals surface area (Å²) in [5.74, 6) is 0.361. The first kappa shape index (κ1) is 15.3. The summed E-state index contributed by atoms with van der Waals surface area (Å²) in [5.41, 5.74) is 9.23. The molecule has 4 heteroatoms. The molecule has 0 saturated heterocycles. The molecular weight excluding hydrogens is 294 g/mol. The van der Waals surface area contributed by atoms with Gasteiger partial charge in [-0.05, 0) is 74.0 Å². The second-order valence-corrected chi connectivity index (χ2v) is 7.95. The Labute approximate surface area is 132 Å². The molecule has 0 heterocycles. The Hall–Kier alpha value is -1.65. The molecule has 1 aliphatic carbocycles. The minimum absolute atomic E-state index is 0.351. The number of nitrogens with two attached hydrogens (primary N) is 1. The Bertz CT molecular complexity index is 779. The van der Waals surface area contributed by atoms with Crippen LogP contribution in [0.1, 0.15) is 35.4 Å². The molecule has 116 valence electrons. The number of rotatable bonds is 3. The SMILES string of the molecule is Cc1ccc(S(=O)(=O)c2ccc3c(c2)CCCC3CN)cc1. The third-order valence-electron chi connectivity index (χ3n) is 4.48. The van der Waals surface area contributed by atoms with E-state index in [1.165, 1.54) is 5.56 Å². The van der Waals surface area contributed by atoms with E-state index in [0.717, 1.165) is 30.4 Å². The van der Waals surface area contributed by atoms with Crippen molar-refractivity contribution in [3.63, 3.8) is 0 Å². The highest BCUT2D eigenvalue weighted by Gasteiger charge is 2.23. The predicted octanol–water partition coefficient (Wildman–Crippen LogP) is 3.21. The molecule has 0 aliphatic heterocycles. The van der Waals surface area contributed by atoms with Crippen LogP contribution in [0.2, 0.25) is 0 Å². The third kappa shape index (κ3) is 2.69. The lowest BCUT2D eigenvalue weighted by Gasteiger charge is -2.24. The zero-order chi connectivity index (χ0) is 15.7. The van der Waals surface area contributed by atoms with Crippen LogP contribution in [-0.4, -0.2) is 15.0 Å². The number of benzene rings is 2. The van der Waals surface area contributed by atoms with Crippen LogP contribution in [0.15, 0.2) is 52.3 Å². The van der Waals surface area contributed by atoms with Crippen LogP contribution < -0.4 is 5.73 Å². The molecule has 0 radical (unpaired) electrons. The van der Waals surface area contributed by atoms with Gasteiger partial charge in [-0.3, -0.25) is 0 Å². The summed E-state index contributed by atoms with van der Waals surface area (Å²) in [4.78, 5) is 0.733. The van der Waals surface area contributed by atoms with Gasteiger partial charge in [-0.2, -0.15) is 0 Å². The van der Waals surface area contributed by atoms with E-state index in [0.29, 0.717) is 22.3 Å². The van der Waals surface area contributed by atoms with Gasteiger partial charge in [0.2, 0.25) is 9.84 Å². The third-order valence-corrected chi connectivity index (χ3v) is 6.25. The first-order valence-corrected chi connectivity index (χ1v) is 9.15. The lowest BCUT2D eigenvalue weighted by molar-refractivity contribution is 0.558. The van der Waals surface area contributed by atoms with E-state index >= 15 is 0 Å². The van der Waals surface area contributed by atoms with Gasteiger partial charge < -0.3 is 5.73 Å². The maximum absolute atomic E-state index is 12.8. The average molecular weight is 315 g/mol. The summed E-state index contributed by atoms with van der Waals surface area (Å²) in [7, 11) is -3.44. The van der Waals surface area contributed by atoms with E-state index < -0.39 is 9.84 Å². The number of sulfone groups is 1. The number of hydrogen-bond acceptors (Lipinski definition) is 3. The fraction of sp³-hybridized carbons (Fsp3) is 0.333. The molecule has 2 N–H and O–H groups in total. The highest BCUT2D eigenvalue weighted by Crippen LogP contribution is 2.33. The summed E-state index contributed by atoms with van der Waals surface area (Å²) in [6.45, 7) is 2.57. The van der Waals surface area contributed by atoms with E-state index in [2.05, 4.69) is 0 Å². The van der Waals surface area contributed by atoms with Crippen LogP contribution >= 0.6 is 0 Å². The molecule has 2 aromatic carbocycles. The largest absolute Gasteiger partial charge is 0.330 e. The van der Waals surface area contributed by atoms with Crippen LogP contribution in [0.4, 0.5) is 0 Å². The molecule has 1 atom stereocenters. The van der Waals surface area contributed by atoms with E-state index in [4.69, 9.17) is 5.73 Å². The number of hydrogen-bond donors (Lipinski definition) is 1. The molecule has 0 spiro atoms.